The summed E-state index contributed by atoms with van der Waals surface area (Å²) in [5.74, 6) is 2.40. The highest BCUT2D eigenvalue weighted by atomic mass is 16.5. The number of guanidine groups is 1. The minimum atomic E-state index is 0.589. The van der Waals surface area contributed by atoms with Crippen molar-refractivity contribution in [3.63, 3.8) is 0 Å². The topological polar surface area (TPSA) is 65.9 Å². The molecule has 7 heteroatoms. The molecule has 0 unspecified atom stereocenters. The van der Waals surface area contributed by atoms with E-state index in [-0.39, 0.29) is 0 Å². The van der Waals surface area contributed by atoms with E-state index in [2.05, 4.69) is 45.9 Å². The van der Waals surface area contributed by atoms with Crippen LogP contribution in [0.2, 0.25) is 0 Å². The third kappa shape index (κ3) is 6.86. The highest BCUT2D eigenvalue weighted by Crippen LogP contribution is 2.09. The summed E-state index contributed by atoms with van der Waals surface area (Å²) >= 11 is 0. The molecule has 25 heavy (non-hydrogen) atoms. The molecule has 0 aromatic carbocycles. The molecule has 0 bridgehead atoms. The van der Waals surface area contributed by atoms with Gasteiger partial charge in [-0.15, -0.1) is 0 Å². The molecule has 2 heterocycles. The van der Waals surface area contributed by atoms with Crippen LogP contribution in [0.3, 0.4) is 0 Å². The van der Waals surface area contributed by atoms with Crippen LogP contribution in [-0.4, -0.2) is 73.3 Å². The van der Waals surface area contributed by atoms with Crippen molar-refractivity contribution in [2.45, 2.75) is 27.2 Å². The molecule has 1 aromatic heterocycles. The normalized spacial score (nSPS) is 15.8. The Morgan fingerprint density at radius 1 is 1.24 bits per heavy atom. The molecule has 7 nitrogen and oxygen atoms in total. The van der Waals surface area contributed by atoms with Gasteiger partial charge in [-0.3, -0.25) is 4.99 Å². The van der Waals surface area contributed by atoms with Gasteiger partial charge in [-0.25, -0.2) is 9.97 Å². The summed E-state index contributed by atoms with van der Waals surface area (Å²) in [5, 5.41) is 3.40. The van der Waals surface area contributed by atoms with E-state index in [4.69, 9.17) is 9.73 Å². The Kier molecular flexibility index (Phi) is 8.45. The minimum absolute atomic E-state index is 0.589. The van der Waals surface area contributed by atoms with Crippen LogP contribution in [0, 0.1) is 5.92 Å². The van der Waals surface area contributed by atoms with E-state index in [1.54, 1.807) is 12.4 Å². The van der Waals surface area contributed by atoms with Crippen LogP contribution < -0.4 is 10.2 Å². The number of hydrogen-bond donors (Lipinski definition) is 1. The van der Waals surface area contributed by atoms with Gasteiger partial charge in [0.1, 0.15) is 0 Å². The summed E-state index contributed by atoms with van der Waals surface area (Å²) in [6, 6.07) is 1.85. The predicted molar refractivity (Wildman–Crippen MR) is 102 cm³/mol. The molecule has 1 aliphatic heterocycles. The Hall–Kier alpha value is -1.89. The predicted octanol–water partition coefficient (Wildman–Crippen LogP) is 1.63. The Bertz CT molecular complexity index is 500. The average Bonchev–Trinajstić information content (AvgIpc) is 2.64. The first-order valence-corrected chi connectivity index (χ1v) is 9.33. The van der Waals surface area contributed by atoms with Crippen molar-refractivity contribution in [2.24, 2.45) is 10.9 Å². The molecule has 0 amide bonds. The molecule has 1 saturated heterocycles. The number of hydrogen-bond acceptors (Lipinski definition) is 5. The maximum atomic E-state index is 5.62. The van der Waals surface area contributed by atoms with Crippen LogP contribution in [0.1, 0.15) is 27.2 Å². The van der Waals surface area contributed by atoms with Gasteiger partial charge in [0.25, 0.3) is 0 Å². The van der Waals surface area contributed by atoms with E-state index < -0.39 is 0 Å². The molecule has 1 N–H and O–H groups in total. The van der Waals surface area contributed by atoms with E-state index in [0.29, 0.717) is 5.92 Å². The largest absolute Gasteiger partial charge is 0.381 e. The second-order valence-electron chi connectivity index (χ2n) is 6.58. The summed E-state index contributed by atoms with van der Waals surface area (Å²) in [6.07, 6.45) is 4.54. The third-order valence-corrected chi connectivity index (χ3v) is 3.91. The molecule has 0 atom stereocenters. The number of piperazine rings is 1. The molecule has 140 valence electrons. The minimum Gasteiger partial charge on any atom is -0.381 e. The van der Waals surface area contributed by atoms with E-state index in [0.717, 1.165) is 70.8 Å². The van der Waals surface area contributed by atoms with E-state index in [9.17, 15) is 0 Å². The summed E-state index contributed by atoms with van der Waals surface area (Å²) in [7, 11) is 0. The molecule has 0 radical (unpaired) electrons. The molecule has 1 fully saturated rings. The number of rotatable bonds is 8. The van der Waals surface area contributed by atoms with Crippen molar-refractivity contribution in [1.29, 1.82) is 0 Å². The van der Waals surface area contributed by atoms with Crippen LogP contribution in [0.5, 0.6) is 0 Å². The summed E-state index contributed by atoms with van der Waals surface area (Å²) in [5.41, 5.74) is 0. The maximum absolute atomic E-state index is 5.62. The van der Waals surface area contributed by atoms with Crippen LogP contribution in [0.4, 0.5) is 5.95 Å². The SMILES string of the molecule is CCNC(=NCCCOCC(C)C)N1CCN(c2ncccn2)CC1. The number of nitrogens with one attached hydrogen (secondary N) is 1. The van der Waals surface area contributed by atoms with Gasteiger partial charge in [-0.1, -0.05) is 13.8 Å². The Morgan fingerprint density at radius 3 is 2.60 bits per heavy atom. The molecule has 0 spiro atoms. The molecule has 1 aromatic rings. The van der Waals surface area contributed by atoms with Crippen molar-refractivity contribution in [1.82, 2.24) is 20.2 Å². The molecular formula is C18H32N6O. The lowest BCUT2D eigenvalue weighted by Gasteiger charge is -2.36. The standard InChI is InChI=1S/C18H32N6O/c1-4-19-17(22-9-6-14-25-15-16(2)3)23-10-12-24(13-11-23)18-20-7-5-8-21-18/h5,7-8,16H,4,6,9-15H2,1-3H3,(H,19,22). The van der Waals surface area contributed by atoms with Crippen LogP contribution in [0.15, 0.2) is 23.5 Å². The zero-order valence-electron chi connectivity index (χ0n) is 15.8. The highest BCUT2D eigenvalue weighted by molar-refractivity contribution is 5.80. The number of aliphatic imine (C=N–C) groups is 1. The van der Waals surface area contributed by atoms with Gasteiger partial charge < -0.3 is 19.9 Å². The Labute approximate surface area is 151 Å². The zero-order valence-corrected chi connectivity index (χ0v) is 15.8. The van der Waals surface area contributed by atoms with E-state index >= 15 is 0 Å². The molecule has 2 rings (SSSR count). The first kappa shape index (κ1) is 19.4. The second-order valence-corrected chi connectivity index (χ2v) is 6.58. The summed E-state index contributed by atoms with van der Waals surface area (Å²) in [4.78, 5) is 18.0. The van der Waals surface area contributed by atoms with Gasteiger partial charge in [0.2, 0.25) is 5.95 Å². The first-order valence-electron chi connectivity index (χ1n) is 9.33. The fourth-order valence-corrected chi connectivity index (χ4v) is 2.67. The molecule has 0 aliphatic carbocycles. The first-order chi connectivity index (χ1) is 12.2. The van der Waals surface area contributed by atoms with Crippen LogP contribution in [-0.2, 0) is 4.74 Å². The van der Waals surface area contributed by atoms with Crippen molar-refractivity contribution >= 4 is 11.9 Å². The van der Waals surface area contributed by atoms with Crippen LogP contribution >= 0.6 is 0 Å². The average molecular weight is 348 g/mol. The molecular weight excluding hydrogens is 316 g/mol. The lowest BCUT2D eigenvalue weighted by Crippen LogP contribution is -2.53. The fraction of sp³-hybridized carbons (Fsp3) is 0.722. The zero-order chi connectivity index (χ0) is 17.9. The number of nitrogens with zero attached hydrogens (tertiary/aromatic N) is 5. The Balaban J connectivity index is 1.77. The van der Waals surface area contributed by atoms with Gasteiger partial charge in [0.05, 0.1) is 0 Å². The van der Waals surface area contributed by atoms with Crippen molar-refractivity contribution in [3.05, 3.63) is 18.5 Å². The van der Waals surface area contributed by atoms with E-state index in [1.807, 2.05) is 6.07 Å². The Morgan fingerprint density at radius 2 is 1.96 bits per heavy atom. The van der Waals surface area contributed by atoms with E-state index in [1.165, 1.54) is 0 Å². The lowest BCUT2D eigenvalue weighted by atomic mass is 10.2. The third-order valence-electron chi connectivity index (χ3n) is 3.91. The van der Waals surface area contributed by atoms with Gasteiger partial charge in [-0.05, 0) is 25.3 Å². The molecule has 0 saturated carbocycles. The van der Waals surface area contributed by atoms with Gasteiger partial charge >= 0.3 is 0 Å². The quantitative estimate of drug-likeness (QED) is 0.438. The van der Waals surface area contributed by atoms with Gasteiger partial charge in [-0.2, -0.15) is 0 Å². The fourth-order valence-electron chi connectivity index (χ4n) is 2.67. The van der Waals surface area contributed by atoms with Crippen molar-refractivity contribution < 1.29 is 4.74 Å². The van der Waals surface area contributed by atoms with Crippen LogP contribution in [0.25, 0.3) is 0 Å². The smallest absolute Gasteiger partial charge is 0.225 e. The summed E-state index contributed by atoms with van der Waals surface area (Å²) in [6.45, 7) is 13.4. The monoisotopic (exact) mass is 348 g/mol. The van der Waals surface area contributed by atoms with Gasteiger partial charge in [0.15, 0.2) is 5.96 Å². The van der Waals surface area contributed by atoms with Gasteiger partial charge in [0, 0.05) is 64.9 Å². The van der Waals surface area contributed by atoms with Crippen molar-refractivity contribution in [2.75, 3.05) is 57.4 Å². The number of anilines is 1. The lowest BCUT2D eigenvalue weighted by molar-refractivity contribution is 0.109. The number of aromatic nitrogens is 2. The summed E-state index contributed by atoms with van der Waals surface area (Å²) < 4.78 is 5.62. The molecule has 1 aliphatic rings. The highest BCUT2D eigenvalue weighted by Gasteiger charge is 2.20. The maximum Gasteiger partial charge on any atom is 0.225 e. The van der Waals surface area contributed by atoms with Crippen molar-refractivity contribution in [3.8, 4) is 0 Å². The second kappa shape index (κ2) is 10.9. The number of ether oxygens (including phenoxy) is 1.